The van der Waals surface area contributed by atoms with E-state index in [-0.39, 0.29) is 11.7 Å². The molecule has 1 amide bonds. The number of hydrogen-bond donors (Lipinski definition) is 1. The van der Waals surface area contributed by atoms with Crippen molar-refractivity contribution in [3.05, 3.63) is 71.4 Å². The van der Waals surface area contributed by atoms with Gasteiger partial charge in [0.15, 0.2) is 5.76 Å². The highest BCUT2D eigenvalue weighted by Gasteiger charge is 2.15. The largest absolute Gasteiger partial charge is 0.495 e. The quantitative estimate of drug-likeness (QED) is 0.744. The molecule has 1 heterocycles. The van der Waals surface area contributed by atoms with Gasteiger partial charge in [0, 0.05) is 5.56 Å². The molecule has 0 fully saturated rings. The van der Waals surface area contributed by atoms with Gasteiger partial charge in [-0.1, -0.05) is 35.9 Å². The van der Waals surface area contributed by atoms with Crippen LogP contribution in [0.15, 0.2) is 65.1 Å². The summed E-state index contributed by atoms with van der Waals surface area (Å²) in [7, 11) is 1.55. The number of nitrogens with one attached hydrogen (secondary N) is 1. The molecule has 0 aliphatic carbocycles. The molecule has 0 bridgehead atoms. The van der Waals surface area contributed by atoms with Crippen molar-refractivity contribution in [3.8, 4) is 17.1 Å². The summed E-state index contributed by atoms with van der Waals surface area (Å²) in [6.07, 6.45) is 0. The highest BCUT2D eigenvalue weighted by molar-refractivity contribution is 6.33. The number of furan rings is 1. The van der Waals surface area contributed by atoms with Gasteiger partial charge in [-0.2, -0.15) is 0 Å². The molecule has 0 saturated heterocycles. The summed E-state index contributed by atoms with van der Waals surface area (Å²) < 4.78 is 10.8. The van der Waals surface area contributed by atoms with E-state index in [9.17, 15) is 4.79 Å². The van der Waals surface area contributed by atoms with E-state index in [1.807, 2.05) is 30.3 Å². The fourth-order valence-electron chi connectivity index (χ4n) is 2.20. The monoisotopic (exact) mass is 327 g/mol. The van der Waals surface area contributed by atoms with E-state index < -0.39 is 0 Å². The van der Waals surface area contributed by atoms with Gasteiger partial charge in [0.2, 0.25) is 0 Å². The Hall–Kier alpha value is -2.72. The topological polar surface area (TPSA) is 51.5 Å². The number of hydrogen-bond acceptors (Lipinski definition) is 3. The third-order valence-corrected chi connectivity index (χ3v) is 3.65. The molecule has 0 aliphatic rings. The molecular weight excluding hydrogens is 314 g/mol. The molecule has 1 aromatic heterocycles. The first-order valence-corrected chi connectivity index (χ1v) is 7.36. The number of carbonyl (C=O) groups is 1. The van der Waals surface area contributed by atoms with Gasteiger partial charge < -0.3 is 14.5 Å². The third-order valence-electron chi connectivity index (χ3n) is 3.32. The maximum atomic E-state index is 12.3. The summed E-state index contributed by atoms with van der Waals surface area (Å²) in [6.45, 7) is 0. The van der Waals surface area contributed by atoms with Crippen molar-refractivity contribution in [1.82, 2.24) is 0 Å². The van der Waals surface area contributed by atoms with Gasteiger partial charge in [-0.05, 0) is 36.4 Å². The number of anilines is 1. The van der Waals surface area contributed by atoms with Gasteiger partial charge in [0.05, 0.1) is 17.8 Å². The fraction of sp³-hybridized carbons (Fsp3) is 0.0556. The first-order chi connectivity index (χ1) is 11.2. The molecule has 3 rings (SSSR count). The molecule has 0 spiro atoms. The van der Waals surface area contributed by atoms with Crippen molar-refractivity contribution in [2.45, 2.75) is 0 Å². The Morgan fingerprint density at radius 2 is 1.78 bits per heavy atom. The summed E-state index contributed by atoms with van der Waals surface area (Å²) in [5.41, 5.74) is 1.32. The van der Waals surface area contributed by atoms with Crippen LogP contribution in [0.3, 0.4) is 0 Å². The molecular formula is C18H14ClNO3. The van der Waals surface area contributed by atoms with Crippen LogP contribution in [0.2, 0.25) is 5.02 Å². The average Bonchev–Trinajstić information content (AvgIpc) is 3.05. The van der Waals surface area contributed by atoms with Crippen LogP contribution in [0.5, 0.6) is 5.75 Å². The summed E-state index contributed by atoms with van der Waals surface area (Å²) in [5, 5.41) is 3.33. The minimum Gasteiger partial charge on any atom is -0.495 e. The highest BCUT2D eigenvalue weighted by Crippen LogP contribution is 2.30. The minimum absolute atomic E-state index is 0.200. The van der Waals surface area contributed by atoms with E-state index in [0.717, 1.165) is 5.56 Å². The van der Waals surface area contributed by atoms with Crippen LogP contribution >= 0.6 is 11.6 Å². The molecule has 3 aromatic rings. The molecule has 0 atom stereocenters. The van der Waals surface area contributed by atoms with Crippen LogP contribution in [-0.2, 0) is 0 Å². The molecule has 2 aromatic carbocycles. The molecule has 4 nitrogen and oxygen atoms in total. The van der Waals surface area contributed by atoms with Gasteiger partial charge >= 0.3 is 0 Å². The Morgan fingerprint density at radius 1 is 1.04 bits per heavy atom. The fourth-order valence-corrected chi connectivity index (χ4v) is 2.43. The summed E-state index contributed by atoms with van der Waals surface area (Å²) in [4.78, 5) is 12.3. The lowest BCUT2D eigenvalue weighted by atomic mass is 10.2. The van der Waals surface area contributed by atoms with Crippen LogP contribution < -0.4 is 10.1 Å². The van der Waals surface area contributed by atoms with Crippen molar-refractivity contribution in [1.29, 1.82) is 0 Å². The van der Waals surface area contributed by atoms with E-state index in [2.05, 4.69) is 5.32 Å². The van der Waals surface area contributed by atoms with E-state index in [4.69, 9.17) is 20.8 Å². The second-order valence-electron chi connectivity index (χ2n) is 4.80. The Balaban J connectivity index is 1.83. The third kappa shape index (κ3) is 3.22. The molecule has 116 valence electrons. The highest BCUT2D eigenvalue weighted by atomic mass is 35.5. The van der Waals surface area contributed by atoms with E-state index in [0.29, 0.717) is 22.2 Å². The maximum absolute atomic E-state index is 12.3. The van der Waals surface area contributed by atoms with Gasteiger partial charge in [-0.15, -0.1) is 0 Å². The second-order valence-corrected chi connectivity index (χ2v) is 5.21. The van der Waals surface area contributed by atoms with E-state index in [1.54, 1.807) is 37.4 Å². The SMILES string of the molecule is COc1ccccc1NC(=O)c1ccc(-c2ccccc2Cl)o1. The number of amides is 1. The molecule has 23 heavy (non-hydrogen) atoms. The lowest BCUT2D eigenvalue weighted by Gasteiger charge is -2.08. The van der Waals surface area contributed by atoms with Gasteiger partial charge in [-0.25, -0.2) is 0 Å². The first kappa shape index (κ1) is 15.2. The molecule has 0 saturated carbocycles. The lowest BCUT2D eigenvalue weighted by Crippen LogP contribution is -2.11. The maximum Gasteiger partial charge on any atom is 0.291 e. The molecule has 0 unspecified atom stereocenters. The van der Waals surface area contributed by atoms with Crippen LogP contribution in [0.4, 0.5) is 5.69 Å². The number of carbonyl (C=O) groups excluding carboxylic acids is 1. The van der Waals surface area contributed by atoms with Crippen molar-refractivity contribution in [2.75, 3.05) is 12.4 Å². The van der Waals surface area contributed by atoms with E-state index >= 15 is 0 Å². The zero-order valence-corrected chi connectivity index (χ0v) is 13.1. The zero-order valence-electron chi connectivity index (χ0n) is 12.4. The number of benzene rings is 2. The van der Waals surface area contributed by atoms with Crippen molar-refractivity contribution >= 4 is 23.2 Å². The van der Waals surface area contributed by atoms with Crippen LogP contribution in [0.1, 0.15) is 10.6 Å². The van der Waals surface area contributed by atoms with Crippen LogP contribution in [0, 0.1) is 0 Å². The van der Waals surface area contributed by atoms with Crippen molar-refractivity contribution in [3.63, 3.8) is 0 Å². The number of rotatable bonds is 4. The van der Waals surface area contributed by atoms with Gasteiger partial charge in [0.25, 0.3) is 5.91 Å². The average molecular weight is 328 g/mol. The molecule has 0 aliphatic heterocycles. The van der Waals surface area contributed by atoms with E-state index in [1.165, 1.54) is 0 Å². The Kier molecular flexibility index (Phi) is 4.35. The smallest absolute Gasteiger partial charge is 0.291 e. The van der Waals surface area contributed by atoms with Gasteiger partial charge in [-0.3, -0.25) is 4.79 Å². The second kappa shape index (κ2) is 6.58. The Labute approximate surface area is 138 Å². The summed E-state index contributed by atoms with van der Waals surface area (Å²) in [5.74, 6) is 0.970. The standard InChI is InChI=1S/C18H14ClNO3/c1-22-16-9-5-4-8-14(16)20-18(21)17-11-10-15(23-17)12-6-2-3-7-13(12)19/h2-11H,1H3,(H,20,21). The predicted octanol–water partition coefficient (Wildman–Crippen LogP) is 4.86. The summed E-state index contributed by atoms with van der Waals surface area (Å²) >= 11 is 6.14. The number of para-hydroxylation sites is 2. The molecule has 1 N–H and O–H groups in total. The predicted molar refractivity (Wildman–Crippen MR) is 90.1 cm³/mol. The minimum atomic E-state index is -0.354. The molecule has 0 radical (unpaired) electrons. The normalized spacial score (nSPS) is 10.3. The summed E-state index contributed by atoms with van der Waals surface area (Å²) in [6, 6.07) is 17.8. The first-order valence-electron chi connectivity index (χ1n) is 6.98. The van der Waals surface area contributed by atoms with Crippen molar-refractivity contribution in [2.24, 2.45) is 0 Å². The van der Waals surface area contributed by atoms with Crippen LogP contribution in [-0.4, -0.2) is 13.0 Å². The number of ether oxygens (including phenoxy) is 1. The number of methoxy groups -OCH3 is 1. The van der Waals surface area contributed by atoms with Crippen LogP contribution in [0.25, 0.3) is 11.3 Å². The Bertz CT molecular complexity index is 842. The zero-order chi connectivity index (χ0) is 16.2. The van der Waals surface area contributed by atoms with Crippen molar-refractivity contribution < 1.29 is 13.9 Å². The Morgan fingerprint density at radius 3 is 2.57 bits per heavy atom. The van der Waals surface area contributed by atoms with Gasteiger partial charge in [0.1, 0.15) is 11.5 Å². The molecule has 5 heteroatoms. The lowest BCUT2D eigenvalue weighted by molar-refractivity contribution is 0.0997. The number of halogens is 1.